The molecule has 6 nitrogen and oxygen atoms in total. The Morgan fingerprint density at radius 2 is 1.84 bits per heavy atom. The number of carbonyl (C=O) groups excluding carboxylic acids is 3. The van der Waals surface area contributed by atoms with Gasteiger partial charge in [-0.3, -0.25) is 14.4 Å². The number of para-hydroxylation sites is 1. The average Bonchev–Trinajstić information content (AvgIpc) is 3.18. The summed E-state index contributed by atoms with van der Waals surface area (Å²) >= 11 is 9.51. The van der Waals surface area contributed by atoms with E-state index in [1.165, 1.54) is 0 Å². The van der Waals surface area contributed by atoms with Crippen LogP contribution in [0.3, 0.4) is 0 Å². The molecule has 0 bridgehead atoms. The lowest BCUT2D eigenvalue weighted by molar-refractivity contribution is -0.151. The van der Waals surface area contributed by atoms with E-state index in [4.69, 9.17) is 16.3 Å². The fourth-order valence-corrected chi connectivity index (χ4v) is 4.47. The van der Waals surface area contributed by atoms with E-state index in [0.717, 1.165) is 34.1 Å². The summed E-state index contributed by atoms with van der Waals surface area (Å²) < 4.78 is 5.96. The van der Waals surface area contributed by atoms with Crippen LogP contribution in [0.4, 0.5) is 11.4 Å². The normalized spacial score (nSPS) is 15.7. The number of rotatable bonds is 7. The number of amides is 2. The van der Waals surface area contributed by atoms with Crippen LogP contribution in [0.1, 0.15) is 37.0 Å². The van der Waals surface area contributed by atoms with E-state index in [1.807, 2.05) is 32.0 Å². The zero-order valence-electron chi connectivity index (χ0n) is 18.3. The first-order valence-electron chi connectivity index (χ1n) is 10.6. The van der Waals surface area contributed by atoms with Gasteiger partial charge in [0.25, 0.3) is 5.91 Å². The molecular formula is C24H26BrClN2O4. The van der Waals surface area contributed by atoms with Gasteiger partial charge in [0, 0.05) is 28.8 Å². The van der Waals surface area contributed by atoms with Crippen LogP contribution in [-0.2, 0) is 32.0 Å². The number of benzene rings is 2. The van der Waals surface area contributed by atoms with Gasteiger partial charge in [-0.15, -0.1) is 0 Å². The van der Waals surface area contributed by atoms with Crippen LogP contribution in [-0.4, -0.2) is 30.9 Å². The van der Waals surface area contributed by atoms with Crippen molar-refractivity contribution in [2.24, 2.45) is 5.92 Å². The lowest BCUT2D eigenvalue weighted by Crippen LogP contribution is -2.29. The second kappa shape index (κ2) is 10.5. The average molecular weight is 522 g/mol. The molecule has 3 rings (SSSR count). The predicted molar refractivity (Wildman–Crippen MR) is 129 cm³/mol. The Bertz CT molecular complexity index is 1030. The monoisotopic (exact) mass is 520 g/mol. The Kier molecular flexibility index (Phi) is 7.96. The van der Waals surface area contributed by atoms with Crippen molar-refractivity contribution < 1.29 is 19.1 Å². The van der Waals surface area contributed by atoms with Crippen LogP contribution in [0.25, 0.3) is 0 Å². The second-order valence-electron chi connectivity index (χ2n) is 7.73. The van der Waals surface area contributed by atoms with Gasteiger partial charge < -0.3 is 15.0 Å². The van der Waals surface area contributed by atoms with Crippen molar-refractivity contribution in [3.8, 4) is 0 Å². The maximum absolute atomic E-state index is 12.7. The molecule has 0 radical (unpaired) electrons. The highest BCUT2D eigenvalue weighted by molar-refractivity contribution is 9.10. The molecule has 1 N–H and O–H groups in total. The zero-order valence-corrected chi connectivity index (χ0v) is 20.7. The van der Waals surface area contributed by atoms with E-state index >= 15 is 0 Å². The van der Waals surface area contributed by atoms with Gasteiger partial charge in [0.15, 0.2) is 6.61 Å². The van der Waals surface area contributed by atoms with Gasteiger partial charge in [-0.1, -0.05) is 43.6 Å². The number of carbonyl (C=O) groups is 3. The third-order valence-corrected chi connectivity index (χ3v) is 7.03. The maximum atomic E-state index is 12.7. The van der Waals surface area contributed by atoms with Gasteiger partial charge in [0.1, 0.15) is 0 Å². The molecule has 2 aromatic carbocycles. The molecule has 2 amide bonds. The van der Waals surface area contributed by atoms with E-state index in [0.29, 0.717) is 16.3 Å². The summed E-state index contributed by atoms with van der Waals surface area (Å²) in [4.78, 5) is 39.3. The number of anilines is 2. The fraction of sp³-hybridized carbons (Fsp3) is 0.375. The van der Waals surface area contributed by atoms with Crippen LogP contribution >= 0.6 is 27.5 Å². The lowest BCUT2D eigenvalue weighted by Gasteiger charge is -2.23. The van der Waals surface area contributed by atoms with Gasteiger partial charge in [0.05, 0.1) is 10.9 Å². The molecule has 32 heavy (non-hydrogen) atoms. The molecular weight excluding hydrogens is 496 g/mol. The summed E-state index contributed by atoms with van der Waals surface area (Å²) in [5, 5.41) is 3.20. The Morgan fingerprint density at radius 1 is 1.19 bits per heavy atom. The second-order valence-corrected chi connectivity index (χ2v) is 8.96. The summed E-state index contributed by atoms with van der Waals surface area (Å²) in [5.41, 5.74) is 4.31. The van der Waals surface area contributed by atoms with Crippen LogP contribution in [0.15, 0.2) is 34.8 Å². The number of esters is 1. The minimum absolute atomic E-state index is 0.0725. The first-order chi connectivity index (χ1) is 15.3. The summed E-state index contributed by atoms with van der Waals surface area (Å²) in [5.74, 6) is -1.72. The molecule has 170 valence electrons. The third-order valence-electron chi connectivity index (χ3n) is 5.65. The van der Waals surface area contributed by atoms with Gasteiger partial charge in [-0.05, 0) is 64.5 Å². The maximum Gasteiger partial charge on any atom is 0.311 e. The first kappa shape index (κ1) is 24.3. The highest BCUT2D eigenvalue weighted by Gasteiger charge is 2.37. The molecule has 1 atom stereocenters. The van der Waals surface area contributed by atoms with Crippen LogP contribution in [0, 0.1) is 12.8 Å². The minimum Gasteiger partial charge on any atom is -0.455 e. The Balaban J connectivity index is 1.62. The van der Waals surface area contributed by atoms with Crippen molar-refractivity contribution in [3.05, 3.63) is 56.5 Å². The molecule has 2 aromatic rings. The number of aryl methyl sites for hydroxylation is 2. The fourth-order valence-electron chi connectivity index (χ4n) is 3.87. The van der Waals surface area contributed by atoms with Crippen LogP contribution in [0.5, 0.6) is 0 Å². The first-order valence-corrected chi connectivity index (χ1v) is 11.8. The summed E-state index contributed by atoms with van der Waals surface area (Å²) in [6.45, 7) is 5.70. The SMILES string of the molecule is CCc1cccc(CC)c1N1C[C@@H](C(=O)OCC(=O)Nc2ccc(Br)c(Cl)c2C)CC1=O. The zero-order chi connectivity index (χ0) is 23.4. The van der Waals surface area contributed by atoms with Crippen LogP contribution < -0.4 is 10.2 Å². The molecule has 1 fully saturated rings. The molecule has 1 aliphatic heterocycles. The number of nitrogens with one attached hydrogen (secondary N) is 1. The van der Waals surface area contributed by atoms with E-state index in [9.17, 15) is 14.4 Å². The molecule has 0 saturated carbocycles. The van der Waals surface area contributed by atoms with Gasteiger partial charge in [0.2, 0.25) is 5.91 Å². The van der Waals surface area contributed by atoms with E-state index < -0.39 is 24.4 Å². The highest BCUT2D eigenvalue weighted by Crippen LogP contribution is 2.33. The van der Waals surface area contributed by atoms with Crippen molar-refractivity contribution in [1.82, 2.24) is 0 Å². The molecule has 1 heterocycles. The molecule has 1 aliphatic rings. The number of halogens is 2. The van der Waals surface area contributed by atoms with E-state index in [-0.39, 0.29) is 18.9 Å². The van der Waals surface area contributed by atoms with Crippen molar-refractivity contribution >= 4 is 56.7 Å². The summed E-state index contributed by atoms with van der Waals surface area (Å²) in [6, 6.07) is 9.46. The summed E-state index contributed by atoms with van der Waals surface area (Å²) in [7, 11) is 0. The molecule has 0 aliphatic carbocycles. The number of nitrogens with zero attached hydrogens (tertiary/aromatic N) is 1. The number of hydrogen-bond acceptors (Lipinski definition) is 4. The third kappa shape index (κ3) is 5.15. The molecule has 8 heteroatoms. The molecule has 0 spiro atoms. The Hall–Kier alpha value is -2.38. The molecule has 0 unspecified atom stereocenters. The lowest BCUT2D eigenvalue weighted by atomic mass is 10.0. The largest absolute Gasteiger partial charge is 0.455 e. The standard InChI is InChI=1S/C24H26BrClN2O4/c1-4-15-7-6-8-16(5-2)23(15)28-12-17(11-21(28)30)24(31)32-13-20(29)27-19-10-9-18(25)22(26)14(19)3/h6-10,17H,4-5,11-13H2,1-3H3,(H,27,29)/t17-/m0/s1. The van der Waals surface area contributed by atoms with Crippen molar-refractivity contribution in [2.75, 3.05) is 23.4 Å². The Labute approximate surface area is 201 Å². The number of ether oxygens (including phenoxy) is 1. The molecule has 1 saturated heterocycles. The minimum atomic E-state index is -0.603. The smallest absolute Gasteiger partial charge is 0.311 e. The van der Waals surface area contributed by atoms with Gasteiger partial charge in [-0.2, -0.15) is 0 Å². The number of hydrogen-bond donors (Lipinski definition) is 1. The van der Waals surface area contributed by atoms with Gasteiger partial charge >= 0.3 is 5.97 Å². The van der Waals surface area contributed by atoms with Crippen molar-refractivity contribution in [1.29, 1.82) is 0 Å². The highest BCUT2D eigenvalue weighted by atomic mass is 79.9. The van der Waals surface area contributed by atoms with Crippen LogP contribution in [0.2, 0.25) is 5.02 Å². The quantitative estimate of drug-likeness (QED) is 0.516. The molecule has 0 aromatic heterocycles. The van der Waals surface area contributed by atoms with Crippen molar-refractivity contribution in [2.45, 2.75) is 40.0 Å². The topological polar surface area (TPSA) is 75.7 Å². The van der Waals surface area contributed by atoms with E-state index in [1.54, 1.807) is 24.0 Å². The van der Waals surface area contributed by atoms with E-state index in [2.05, 4.69) is 21.2 Å². The summed E-state index contributed by atoms with van der Waals surface area (Å²) in [6.07, 6.45) is 1.66. The predicted octanol–water partition coefficient (Wildman–Crippen LogP) is 5.07. The van der Waals surface area contributed by atoms with Crippen molar-refractivity contribution in [3.63, 3.8) is 0 Å². The van der Waals surface area contributed by atoms with Gasteiger partial charge in [-0.25, -0.2) is 0 Å². The Morgan fingerprint density at radius 3 is 2.47 bits per heavy atom.